The van der Waals surface area contributed by atoms with Crippen LogP contribution in [0.25, 0.3) is 0 Å². The Morgan fingerprint density at radius 3 is 2.80 bits per heavy atom. The second-order valence-electron chi connectivity index (χ2n) is 3.83. The van der Waals surface area contributed by atoms with E-state index in [0.717, 1.165) is 11.8 Å². The van der Waals surface area contributed by atoms with E-state index in [9.17, 15) is 14.4 Å². The van der Waals surface area contributed by atoms with Gasteiger partial charge in [0, 0.05) is 12.7 Å². The molecule has 1 heterocycles. The Bertz CT molecular complexity index is 796. The topological polar surface area (TPSA) is 131 Å². The number of aryl methyl sites for hydroxylation is 1. The number of H-pyrrole nitrogens is 1. The molecule has 9 heteroatoms. The van der Waals surface area contributed by atoms with Gasteiger partial charge in [-0.2, -0.15) is 4.98 Å². The number of aromatic nitrogens is 3. The second-order valence-corrected chi connectivity index (χ2v) is 4.81. The molecule has 1 aromatic heterocycles. The zero-order valence-electron chi connectivity index (χ0n) is 10.3. The molecule has 0 bridgehead atoms. The highest BCUT2D eigenvalue weighted by Crippen LogP contribution is 2.32. The number of nitrogens with two attached hydrogens (primary N) is 1. The molecule has 0 amide bonds. The van der Waals surface area contributed by atoms with E-state index in [-0.39, 0.29) is 21.3 Å². The molecule has 20 heavy (non-hydrogen) atoms. The van der Waals surface area contributed by atoms with Crippen molar-refractivity contribution in [3.05, 3.63) is 44.5 Å². The summed E-state index contributed by atoms with van der Waals surface area (Å²) in [7, 11) is 1.48. The largest absolute Gasteiger partial charge is 0.478 e. The number of benzene rings is 1. The standard InChI is InChI=1S/C11H10N4O4S/c1-15-11(13-8(16)9(17)14-15)20-7-5(10(18)19)3-2-4-6(7)12/h2-4H,12H2,1H3,(H,14,17)(H,18,19). The Morgan fingerprint density at radius 1 is 1.45 bits per heavy atom. The number of carbonyl (C=O) groups is 1. The molecule has 0 saturated carbocycles. The van der Waals surface area contributed by atoms with E-state index in [1.54, 1.807) is 6.07 Å². The number of aromatic carboxylic acids is 1. The minimum atomic E-state index is -1.14. The summed E-state index contributed by atoms with van der Waals surface area (Å²) in [5, 5.41) is 11.5. The van der Waals surface area contributed by atoms with Crippen LogP contribution in [0.1, 0.15) is 10.4 Å². The third kappa shape index (κ3) is 2.57. The normalized spacial score (nSPS) is 10.4. The van der Waals surface area contributed by atoms with Gasteiger partial charge in [-0.1, -0.05) is 6.07 Å². The summed E-state index contributed by atoms with van der Waals surface area (Å²) in [5.41, 5.74) is 4.20. The van der Waals surface area contributed by atoms with Crippen molar-refractivity contribution in [2.24, 2.45) is 7.05 Å². The third-order valence-electron chi connectivity index (χ3n) is 2.42. The lowest BCUT2D eigenvalue weighted by molar-refractivity contribution is 0.0693. The zero-order valence-corrected chi connectivity index (χ0v) is 11.1. The maximum Gasteiger partial charge on any atom is 0.339 e. The highest BCUT2D eigenvalue weighted by Gasteiger charge is 2.16. The number of nitrogens with one attached hydrogen (secondary N) is 1. The van der Waals surface area contributed by atoms with Crippen LogP contribution in [0.3, 0.4) is 0 Å². The van der Waals surface area contributed by atoms with E-state index < -0.39 is 17.1 Å². The lowest BCUT2D eigenvalue weighted by atomic mass is 10.2. The third-order valence-corrected chi connectivity index (χ3v) is 3.62. The first-order valence-electron chi connectivity index (χ1n) is 5.37. The van der Waals surface area contributed by atoms with Crippen molar-refractivity contribution in [2.45, 2.75) is 10.1 Å². The summed E-state index contributed by atoms with van der Waals surface area (Å²) >= 11 is 0.895. The number of carboxylic acid groups (broad SMARTS) is 1. The fraction of sp³-hybridized carbons (Fsp3) is 0.0909. The molecule has 8 nitrogen and oxygen atoms in total. The molecular weight excluding hydrogens is 284 g/mol. The molecule has 0 saturated heterocycles. The first-order valence-corrected chi connectivity index (χ1v) is 6.19. The van der Waals surface area contributed by atoms with Crippen molar-refractivity contribution in [3.8, 4) is 0 Å². The van der Waals surface area contributed by atoms with Crippen molar-refractivity contribution >= 4 is 23.4 Å². The van der Waals surface area contributed by atoms with E-state index in [2.05, 4.69) is 10.1 Å². The lowest BCUT2D eigenvalue weighted by Crippen LogP contribution is -2.33. The molecule has 0 aliphatic rings. The predicted octanol–water partition coefficient (Wildman–Crippen LogP) is -0.0998. The highest BCUT2D eigenvalue weighted by atomic mass is 32.2. The van der Waals surface area contributed by atoms with Crippen LogP contribution in [-0.4, -0.2) is 25.8 Å². The molecule has 0 fully saturated rings. The second kappa shape index (κ2) is 5.21. The smallest absolute Gasteiger partial charge is 0.339 e. The summed E-state index contributed by atoms with van der Waals surface area (Å²) in [6.07, 6.45) is 0. The Labute approximate surface area is 116 Å². The molecule has 0 unspecified atom stereocenters. The molecule has 0 spiro atoms. The van der Waals surface area contributed by atoms with Gasteiger partial charge >= 0.3 is 17.1 Å². The number of hydrogen-bond acceptors (Lipinski definition) is 6. The SMILES string of the molecule is Cn1[nH]c(=O)c(=O)nc1Sc1c(N)cccc1C(=O)O. The molecule has 0 atom stereocenters. The molecule has 0 aliphatic carbocycles. The summed E-state index contributed by atoms with van der Waals surface area (Å²) in [5.74, 6) is -1.14. The van der Waals surface area contributed by atoms with Gasteiger partial charge < -0.3 is 10.8 Å². The molecule has 104 valence electrons. The molecule has 2 aromatic rings. The van der Waals surface area contributed by atoms with Crippen LogP contribution in [0, 0.1) is 0 Å². The van der Waals surface area contributed by atoms with Crippen molar-refractivity contribution in [3.63, 3.8) is 0 Å². The molecule has 1 aromatic carbocycles. The summed E-state index contributed by atoms with van der Waals surface area (Å²) in [6.45, 7) is 0. The lowest BCUT2D eigenvalue weighted by Gasteiger charge is -2.10. The van der Waals surface area contributed by atoms with Crippen molar-refractivity contribution in [2.75, 3.05) is 5.73 Å². The molecule has 0 aliphatic heterocycles. The van der Waals surface area contributed by atoms with Gasteiger partial charge in [-0.05, 0) is 23.9 Å². The summed E-state index contributed by atoms with van der Waals surface area (Å²) < 4.78 is 1.23. The Hall–Kier alpha value is -2.55. The highest BCUT2D eigenvalue weighted by molar-refractivity contribution is 7.99. The molecule has 2 rings (SSSR count). The van der Waals surface area contributed by atoms with Crippen LogP contribution in [0.15, 0.2) is 37.8 Å². The van der Waals surface area contributed by atoms with E-state index in [4.69, 9.17) is 10.8 Å². The average molecular weight is 294 g/mol. The van der Waals surface area contributed by atoms with E-state index in [1.807, 2.05) is 0 Å². The Morgan fingerprint density at radius 2 is 2.15 bits per heavy atom. The Kier molecular flexibility index (Phi) is 3.61. The van der Waals surface area contributed by atoms with Crippen LogP contribution >= 0.6 is 11.8 Å². The maximum absolute atomic E-state index is 11.3. The minimum absolute atomic E-state index is 0.00421. The van der Waals surface area contributed by atoms with Crippen molar-refractivity contribution < 1.29 is 9.90 Å². The number of anilines is 1. The molecule has 4 N–H and O–H groups in total. The number of rotatable bonds is 3. The maximum atomic E-state index is 11.3. The van der Waals surface area contributed by atoms with Gasteiger partial charge in [0.05, 0.1) is 10.5 Å². The van der Waals surface area contributed by atoms with Crippen molar-refractivity contribution in [1.29, 1.82) is 0 Å². The summed E-state index contributed by atoms with van der Waals surface area (Å²) in [4.78, 5) is 37.4. The number of hydrogen-bond donors (Lipinski definition) is 3. The van der Waals surface area contributed by atoms with Gasteiger partial charge in [-0.3, -0.25) is 19.4 Å². The van der Waals surface area contributed by atoms with Gasteiger partial charge in [0.25, 0.3) is 0 Å². The quantitative estimate of drug-likeness (QED) is 0.532. The first-order chi connectivity index (χ1) is 9.40. The van der Waals surface area contributed by atoms with Crippen molar-refractivity contribution in [1.82, 2.24) is 14.8 Å². The van der Waals surface area contributed by atoms with Gasteiger partial charge in [-0.25, -0.2) is 4.79 Å². The van der Waals surface area contributed by atoms with Crippen LogP contribution in [0.2, 0.25) is 0 Å². The average Bonchev–Trinajstić information content (AvgIpc) is 2.37. The fourth-order valence-corrected chi connectivity index (χ4v) is 2.43. The van der Waals surface area contributed by atoms with E-state index in [0.29, 0.717) is 0 Å². The number of carboxylic acids is 1. The van der Waals surface area contributed by atoms with E-state index in [1.165, 1.54) is 23.9 Å². The van der Waals surface area contributed by atoms with Gasteiger partial charge in [0.15, 0.2) is 5.16 Å². The van der Waals surface area contributed by atoms with Crippen LogP contribution in [-0.2, 0) is 7.05 Å². The number of nitrogens with zero attached hydrogens (tertiary/aromatic N) is 2. The number of nitrogen functional groups attached to an aromatic ring is 1. The van der Waals surface area contributed by atoms with Gasteiger partial charge in [0.1, 0.15) is 0 Å². The monoisotopic (exact) mass is 294 g/mol. The summed E-state index contributed by atoms with van der Waals surface area (Å²) in [6, 6.07) is 4.45. The van der Waals surface area contributed by atoms with E-state index >= 15 is 0 Å². The zero-order chi connectivity index (χ0) is 14.9. The van der Waals surface area contributed by atoms with Gasteiger partial charge in [0.2, 0.25) is 0 Å². The molecular formula is C11H10N4O4S. The van der Waals surface area contributed by atoms with Crippen LogP contribution in [0.5, 0.6) is 0 Å². The van der Waals surface area contributed by atoms with Gasteiger partial charge in [-0.15, -0.1) is 0 Å². The molecule has 0 radical (unpaired) electrons. The minimum Gasteiger partial charge on any atom is -0.478 e. The Balaban J connectivity index is 2.56. The van der Waals surface area contributed by atoms with Crippen LogP contribution < -0.4 is 16.9 Å². The first kappa shape index (κ1) is 13.9. The van der Waals surface area contributed by atoms with Crippen LogP contribution in [0.4, 0.5) is 5.69 Å². The number of aromatic amines is 1. The predicted molar refractivity (Wildman–Crippen MR) is 72.0 cm³/mol. The fourth-order valence-electron chi connectivity index (χ4n) is 1.48.